The molecule has 1 aromatic heterocycles. The average molecular weight is 421 g/mol. The topological polar surface area (TPSA) is 64.1 Å². The van der Waals surface area contributed by atoms with Gasteiger partial charge in [-0.2, -0.15) is 24.5 Å². The van der Waals surface area contributed by atoms with Gasteiger partial charge in [-0.05, 0) is 41.8 Å². The zero-order chi connectivity index (χ0) is 20.9. The van der Waals surface area contributed by atoms with E-state index < -0.39 is 12.1 Å². The molecule has 1 spiro atoms. The van der Waals surface area contributed by atoms with Crippen LogP contribution in [0.2, 0.25) is 0 Å². The first-order valence-corrected chi connectivity index (χ1v) is 10.1. The normalized spacial score (nSPS) is 20.8. The van der Waals surface area contributed by atoms with Gasteiger partial charge in [-0.3, -0.25) is 14.6 Å². The van der Waals surface area contributed by atoms with Gasteiger partial charge in [0, 0.05) is 39.8 Å². The Morgan fingerprint density at radius 3 is 2.32 bits per heavy atom. The zero-order valence-electron chi connectivity index (χ0n) is 16.0. The highest BCUT2D eigenvalue weighted by atomic mass is 32.1. The Balaban J connectivity index is 0.000000345. The molecule has 158 valence electrons. The maximum atomic E-state index is 12.8. The van der Waals surface area contributed by atoms with Gasteiger partial charge >= 0.3 is 12.1 Å². The first-order chi connectivity index (χ1) is 13.1. The number of carbonyl (C=O) groups is 2. The number of hydrogen-bond acceptors (Lipinski definition) is 5. The van der Waals surface area contributed by atoms with Gasteiger partial charge in [-0.1, -0.05) is 6.92 Å². The number of nitrogens with zero attached hydrogens (tertiary/aromatic N) is 3. The Kier molecular flexibility index (Phi) is 7.46. The van der Waals surface area contributed by atoms with Crippen LogP contribution in [0.3, 0.4) is 0 Å². The number of rotatable bonds is 3. The molecule has 0 aliphatic carbocycles. The van der Waals surface area contributed by atoms with Crippen LogP contribution in [-0.2, 0) is 16.1 Å². The predicted octanol–water partition coefficient (Wildman–Crippen LogP) is 2.51. The molecular weight excluding hydrogens is 395 g/mol. The fraction of sp³-hybridized carbons (Fsp3) is 0.667. The smallest absolute Gasteiger partial charge is 0.475 e. The van der Waals surface area contributed by atoms with Crippen molar-refractivity contribution in [1.29, 1.82) is 0 Å². The molecule has 0 bridgehead atoms. The van der Waals surface area contributed by atoms with Gasteiger partial charge < -0.3 is 10.0 Å². The highest BCUT2D eigenvalue weighted by Crippen LogP contribution is 2.33. The maximum absolute atomic E-state index is 12.8. The van der Waals surface area contributed by atoms with Crippen LogP contribution in [0.5, 0.6) is 0 Å². The molecule has 1 amide bonds. The summed E-state index contributed by atoms with van der Waals surface area (Å²) in [4.78, 5) is 28.5. The molecule has 0 atom stereocenters. The number of hydrogen-bond donors (Lipinski definition) is 1. The SMILES string of the molecule is CCN1CCN(C)C(=O)C12CCN(Cc1ccsc1)CC2.O=C(O)C(F)(F)F. The molecule has 6 nitrogen and oxygen atoms in total. The van der Waals surface area contributed by atoms with Gasteiger partial charge in [0.05, 0.1) is 0 Å². The first-order valence-electron chi connectivity index (χ1n) is 9.14. The van der Waals surface area contributed by atoms with Crippen molar-refractivity contribution in [2.45, 2.75) is 38.0 Å². The lowest BCUT2D eigenvalue weighted by molar-refractivity contribution is -0.192. The summed E-state index contributed by atoms with van der Waals surface area (Å²) in [6, 6.07) is 2.20. The van der Waals surface area contributed by atoms with Crippen molar-refractivity contribution in [3.63, 3.8) is 0 Å². The van der Waals surface area contributed by atoms with Crippen LogP contribution >= 0.6 is 11.3 Å². The number of carbonyl (C=O) groups excluding carboxylic acids is 1. The number of piperidine rings is 1. The van der Waals surface area contributed by atoms with E-state index in [2.05, 4.69) is 33.6 Å². The molecule has 1 aromatic rings. The molecule has 0 aromatic carbocycles. The Labute approximate surface area is 166 Å². The minimum Gasteiger partial charge on any atom is -0.475 e. The number of likely N-dealkylation sites (tertiary alicyclic amines) is 1. The van der Waals surface area contributed by atoms with E-state index in [0.29, 0.717) is 5.91 Å². The Hall–Kier alpha value is -1.65. The molecule has 0 unspecified atom stereocenters. The quantitative estimate of drug-likeness (QED) is 0.813. The second kappa shape index (κ2) is 9.23. The molecule has 0 saturated carbocycles. The third kappa shape index (κ3) is 5.24. The third-order valence-electron chi connectivity index (χ3n) is 5.35. The first kappa shape index (κ1) is 22.6. The standard InChI is InChI=1S/C16H25N3OS.C2HF3O2/c1-3-19-10-9-17(2)15(20)16(19)5-7-18(8-6-16)12-14-4-11-21-13-14;3-2(4,5)1(6)7/h4,11,13H,3,5-10,12H2,1-2H3;(H,6,7). The van der Waals surface area contributed by atoms with Crippen molar-refractivity contribution < 1.29 is 27.9 Å². The summed E-state index contributed by atoms with van der Waals surface area (Å²) in [5.41, 5.74) is 1.17. The summed E-state index contributed by atoms with van der Waals surface area (Å²) in [5, 5.41) is 11.5. The fourth-order valence-corrected chi connectivity index (χ4v) is 4.45. The molecule has 2 aliphatic heterocycles. The van der Waals surface area contributed by atoms with Crippen molar-refractivity contribution in [3.8, 4) is 0 Å². The van der Waals surface area contributed by atoms with Crippen LogP contribution in [-0.4, -0.2) is 83.2 Å². The molecule has 2 saturated heterocycles. The van der Waals surface area contributed by atoms with Gasteiger partial charge in [0.2, 0.25) is 5.91 Å². The molecule has 2 fully saturated rings. The van der Waals surface area contributed by atoms with Crippen LogP contribution in [0.25, 0.3) is 0 Å². The van der Waals surface area contributed by atoms with E-state index in [1.807, 2.05) is 11.9 Å². The van der Waals surface area contributed by atoms with E-state index in [-0.39, 0.29) is 5.54 Å². The molecule has 0 radical (unpaired) electrons. The number of thiophene rings is 1. The van der Waals surface area contributed by atoms with Crippen molar-refractivity contribution >= 4 is 23.2 Å². The summed E-state index contributed by atoms with van der Waals surface area (Å²) >= 11 is 1.76. The van der Waals surface area contributed by atoms with Gasteiger partial charge in [0.25, 0.3) is 0 Å². The maximum Gasteiger partial charge on any atom is 0.490 e. The van der Waals surface area contributed by atoms with Crippen LogP contribution in [0, 0.1) is 0 Å². The van der Waals surface area contributed by atoms with E-state index >= 15 is 0 Å². The summed E-state index contributed by atoms with van der Waals surface area (Å²) in [6.45, 7) is 8.10. The highest BCUT2D eigenvalue weighted by Gasteiger charge is 2.49. The summed E-state index contributed by atoms with van der Waals surface area (Å²) in [6.07, 6.45) is -3.15. The number of piperazine rings is 1. The lowest BCUT2D eigenvalue weighted by Gasteiger charge is -2.52. The molecule has 1 N–H and O–H groups in total. The second-order valence-corrected chi connectivity index (χ2v) is 7.83. The number of alkyl halides is 3. The van der Waals surface area contributed by atoms with Crippen molar-refractivity contribution in [2.75, 3.05) is 39.8 Å². The van der Waals surface area contributed by atoms with E-state index in [1.54, 1.807) is 11.3 Å². The van der Waals surface area contributed by atoms with E-state index in [4.69, 9.17) is 9.90 Å². The van der Waals surface area contributed by atoms with Crippen LogP contribution in [0.4, 0.5) is 13.2 Å². The Morgan fingerprint density at radius 1 is 1.25 bits per heavy atom. The van der Waals surface area contributed by atoms with Crippen molar-refractivity contribution in [1.82, 2.24) is 14.7 Å². The second-order valence-electron chi connectivity index (χ2n) is 7.05. The fourth-order valence-electron chi connectivity index (χ4n) is 3.79. The largest absolute Gasteiger partial charge is 0.490 e. The summed E-state index contributed by atoms with van der Waals surface area (Å²) in [7, 11) is 1.95. The van der Waals surface area contributed by atoms with E-state index in [9.17, 15) is 18.0 Å². The lowest BCUT2D eigenvalue weighted by atomic mass is 9.82. The summed E-state index contributed by atoms with van der Waals surface area (Å²) in [5.74, 6) is -2.42. The summed E-state index contributed by atoms with van der Waals surface area (Å²) < 4.78 is 31.7. The van der Waals surface area contributed by atoms with Gasteiger partial charge in [0.1, 0.15) is 5.54 Å². The lowest BCUT2D eigenvalue weighted by Crippen LogP contribution is -2.67. The molecule has 10 heteroatoms. The molecule has 3 heterocycles. The Bertz CT molecular complexity index is 659. The van der Waals surface area contributed by atoms with Gasteiger partial charge in [-0.15, -0.1) is 0 Å². The number of halogens is 3. The predicted molar refractivity (Wildman–Crippen MR) is 100 cm³/mol. The van der Waals surface area contributed by atoms with Crippen molar-refractivity contribution in [3.05, 3.63) is 22.4 Å². The number of likely N-dealkylation sites (N-methyl/N-ethyl adjacent to an activating group) is 2. The average Bonchev–Trinajstić information content (AvgIpc) is 3.14. The number of amides is 1. The van der Waals surface area contributed by atoms with E-state index in [0.717, 1.165) is 52.1 Å². The van der Waals surface area contributed by atoms with Crippen LogP contribution < -0.4 is 0 Å². The van der Waals surface area contributed by atoms with E-state index in [1.165, 1.54) is 5.56 Å². The molecular formula is C18H26F3N3O3S. The molecule has 3 rings (SSSR count). The minimum atomic E-state index is -5.08. The van der Waals surface area contributed by atoms with Crippen LogP contribution in [0.15, 0.2) is 16.8 Å². The molecule has 28 heavy (non-hydrogen) atoms. The third-order valence-corrected chi connectivity index (χ3v) is 6.08. The van der Waals surface area contributed by atoms with Crippen molar-refractivity contribution in [2.24, 2.45) is 0 Å². The minimum absolute atomic E-state index is 0.229. The number of carboxylic acid groups (broad SMARTS) is 1. The Morgan fingerprint density at radius 2 is 1.86 bits per heavy atom. The van der Waals surface area contributed by atoms with Gasteiger partial charge in [0.15, 0.2) is 0 Å². The van der Waals surface area contributed by atoms with Crippen LogP contribution in [0.1, 0.15) is 25.3 Å². The number of carboxylic acids is 1. The van der Waals surface area contributed by atoms with Gasteiger partial charge in [-0.25, -0.2) is 4.79 Å². The zero-order valence-corrected chi connectivity index (χ0v) is 16.9. The molecule has 2 aliphatic rings. The monoisotopic (exact) mass is 421 g/mol. The number of aliphatic carboxylic acids is 1. The highest BCUT2D eigenvalue weighted by molar-refractivity contribution is 7.07.